The summed E-state index contributed by atoms with van der Waals surface area (Å²) >= 11 is 0. The summed E-state index contributed by atoms with van der Waals surface area (Å²) in [6.45, 7) is 2.14. The molecule has 0 aliphatic heterocycles. The van der Waals surface area contributed by atoms with Crippen molar-refractivity contribution in [1.82, 2.24) is 14.9 Å². The van der Waals surface area contributed by atoms with E-state index in [1.807, 2.05) is 19.1 Å². The molecule has 5 nitrogen and oxygen atoms in total. The number of nitrogens with one attached hydrogen (secondary N) is 1. The number of amides is 1. The lowest BCUT2D eigenvalue weighted by atomic mass is 9.98. The standard InChI is InChI=1S/C21H22FN3O2/c1-14(10-15-6-5-7-16(22)12-15)11-20(26)23-13-19-24-18-9-4-3-8-17(18)21(27)25(19)2/h3-9,12,14H,10-11,13H2,1-2H3,(H,23,26). The van der Waals surface area contributed by atoms with Crippen LogP contribution in [0.2, 0.25) is 0 Å². The van der Waals surface area contributed by atoms with Gasteiger partial charge in [-0.15, -0.1) is 0 Å². The van der Waals surface area contributed by atoms with Gasteiger partial charge in [0.15, 0.2) is 0 Å². The normalized spacial score (nSPS) is 12.1. The Morgan fingerprint density at radius 2 is 2.00 bits per heavy atom. The molecule has 2 aromatic carbocycles. The van der Waals surface area contributed by atoms with Crippen LogP contribution < -0.4 is 10.9 Å². The van der Waals surface area contributed by atoms with Crippen molar-refractivity contribution >= 4 is 16.8 Å². The first-order valence-electron chi connectivity index (χ1n) is 8.90. The smallest absolute Gasteiger partial charge is 0.261 e. The molecule has 0 radical (unpaired) electrons. The highest BCUT2D eigenvalue weighted by molar-refractivity contribution is 5.78. The Balaban J connectivity index is 1.61. The predicted octanol–water partition coefficient (Wildman–Crippen LogP) is 2.96. The van der Waals surface area contributed by atoms with Gasteiger partial charge in [0.2, 0.25) is 5.91 Å². The second-order valence-electron chi connectivity index (χ2n) is 6.83. The van der Waals surface area contributed by atoms with Crippen LogP contribution in [-0.4, -0.2) is 15.5 Å². The Kier molecular flexibility index (Phi) is 5.64. The zero-order chi connectivity index (χ0) is 19.4. The van der Waals surface area contributed by atoms with Crippen molar-refractivity contribution in [3.8, 4) is 0 Å². The zero-order valence-corrected chi connectivity index (χ0v) is 15.4. The van der Waals surface area contributed by atoms with Gasteiger partial charge in [-0.05, 0) is 42.2 Å². The third-order valence-corrected chi connectivity index (χ3v) is 4.53. The largest absolute Gasteiger partial charge is 0.349 e. The monoisotopic (exact) mass is 367 g/mol. The van der Waals surface area contributed by atoms with Gasteiger partial charge in [-0.2, -0.15) is 0 Å². The number of benzene rings is 2. The van der Waals surface area contributed by atoms with Crippen LogP contribution in [0.25, 0.3) is 10.9 Å². The molecule has 1 atom stereocenters. The molecular weight excluding hydrogens is 345 g/mol. The lowest BCUT2D eigenvalue weighted by Crippen LogP contribution is -2.30. The van der Waals surface area contributed by atoms with Gasteiger partial charge < -0.3 is 5.32 Å². The summed E-state index contributed by atoms with van der Waals surface area (Å²) in [5, 5.41) is 3.38. The summed E-state index contributed by atoms with van der Waals surface area (Å²) in [5.74, 6) is 0.179. The number of nitrogens with zero attached hydrogens (tertiary/aromatic N) is 2. The molecule has 1 heterocycles. The van der Waals surface area contributed by atoms with Gasteiger partial charge >= 0.3 is 0 Å². The first kappa shape index (κ1) is 18.8. The van der Waals surface area contributed by atoms with E-state index in [0.717, 1.165) is 5.56 Å². The molecule has 6 heteroatoms. The maximum Gasteiger partial charge on any atom is 0.261 e. The number of para-hydroxylation sites is 1. The molecular formula is C21H22FN3O2. The Morgan fingerprint density at radius 3 is 2.78 bits per heavy atom. The van der Waals surface area contributed by atoms with Crippen LogP contribution in [0.4, 0.5) is 4.39 Å². The van der Waals surface area contributed by atoms with E-state index in [9.17, 15) is 14.0 Å². The van der Waals surface area contributed by atoms with Gasteiger partial charge in [-0.25, -0.2) is 9.37 Å². The highest BCUT2D eigenvalue weighted by Crippen LogP contribution is 2.13. The predicted molar refractivity (Wildman–Crippen MR) is 103 cm³/mol. The van der Waals surface area contributed by atoms with E-state index < -0.39 is 0 Å². The van der Waals surface area contributed by atoms with E-state index >= 15 is 0 Å². The van der Waals surface area contributed by atoms with Crippen LogP contribution in [0, 0.1) is 11.7 Å². The molecule has 1 N–H and O–H groups in total. The number of rotatable bonds is 6. The first-order chi connectivity index (χ1) is 12.9. The van der Waals surface area contributed by atoms with Gasteiger partial charge in [-0.1, -0.05) is 31.2 Å². The Hall–Kier alpha value is -3.02. The Morgan fingerprint density at radius 1 is 1.22 bits per heavy atom. The Labute approximate surface area is 156 Å². The quantitative estimate of drug-likeness (QED) is 0.729. The van der Waals surface area contributed by atoms with Gasteiger partial charge in [0.05, 0.1) is 17.4 Å². The lowest BCUT2D eigenvalue weighted by molar-refractivity contribution is -0.122. The molecule has 3 aromatic rings. The van der Waals surface area contributed by atoms with Crippen LogP contribution in [0.3, 0.4) is 0 Å². The Bertz CT molecular complexity index is 1030. The van der Waals surface area contributed by atoms with Gasteiger partial charge in [0.1, 0.15) is 11.6 Å². The molecule has 1 unspecified atom stereocenters. The minimum atomic E-state index is -0.271. The number of hydrogen-bond acceptors (Lipinski definition) is 3. The molecule has 0 aliphatic carbocycles. The summed E-state index contributed by atoms with van der Waals surface area (Å²) in [5.41, 5.74) is 1.35. The van der Waals surface area contributed by atoms with E-state index in [1.165, 1.54) is 16.7 Å². The fourth-order valence-electron chi connectivity index (χ4n) is 3.13. The molecule has 3 rings (SSSR count). The third-order valence-electron chi connectivity index (χ3n) is 4.53. The van der Waals surface area contributed by atoms with Crippen molar-refractivity contribution in [3.63, 3.8) is 0 Å². The summed E-state index contributed by atoms with van der Waals surface area (Å²) in [4.78, 5) is 29.1. The minimum absolute atomic E-state index is 0.0696. The number of fused-ring (bicyclic) bond motifs is 1. The second kappa shape index (κ2) is 8.12. The van der Waals surface area contributed by atoms with Crippen LogP contribution in [0.1, 0.15) is 24.7 Å². The highest BCUT2D eigenvalue weighted by atomic mass is 19.1. The van der Waals surface area contributed by atoms with Crippen molar-refractivity contribution < 1.29 is 9.18 Å². The fourth-order valence-corrected chi connectivity index (χ4v) is 3.13. The van der Waals surface area contributed by atoms with E-state index in [1.54, 1.807) is 31.3 Å². The average Bonchev–Trinajstić information content (AvgIpc) is 2.63. The fraction of sp³-hybridized carbons (Fsp3) is 0.286. The van der Waals surface area contributed by atoms with E-state index in [4.69, 9.17) is 0 Å². The van der Waals surface area contributed by atoms with Crippen molar-refractivity contribution in [1.29, 1.82) is 0 Å². The third kappa shape index (κ3) is 4.58. The topological polar surface area (TPSA) is 64.0 Å². The van der Waals surface area contributed by atoms with Crippen molar-refractivity contribution in [3.05, 3.63) is 76.1 Å². The average molecular weight is 367 g/mol. The van der Waals surface area contributed by atoms with Crippen LogP contribution in [-0.2, 0) is 24.8 Å². The van der Waals surface area contributed by atoms with Gasteiger partial charge in [-0.3, -0.25) is 14.2 Å². The van der Waals surface area contributed by atoms with Crippen molar-refractivity contribution in [2.45, 2.75) is 26.3 Å². The molecule has 1 amide bonds. The number of carbonyl (C=O) groups is 1. The summed E-state index contributed by atoms with van der Waals surface area (Å²) in [6, 6.07) is 13.6. The zero-order valence-electron chi connectivity index (χ0n) is 15.4. The maximum absolute atomic E-state index is 13.3. The van der Waals surface area contributed by atoms with Gasteiger partial charge in [0, 0.05) is 13.5 Å². The minimum Gasteiger partial charge on any atom is -0.349 e. The van der Waals surface area contributed by atoms with Crippen LogP contribution in [0.15, 0.2) is 53.3 Å². The van der Waals surface area contributed by atoms with E-state index in [2.05, 4.69) is 10.3 Å². The number of hydrogen-bond donors (Lipinski definition) is 1. The highest BCUT2D eigenvalue weighted by Gasteiger charge is 2.12. The molecule has 0 aliphatic rings. The molecule has 140 valence electrons. The summed E-state index contributed by atoms with van der Waals surface area (Å²) in [7, 11) is 1.65. The lowest BCUT2D eigenvalue weighted by Gasteiger charge is -2.13. The summed E-state index contributed by atoms with van der Waals surface area (Å²) in [6.07, 6.45) is 0.940. The van der Waals surface area contributed by atoms with Crippen LogP contribution in [0.5, 0.6) is 0 Å². The molecule has 27 heavy (non-hydrogen) atoms. The van der Waals surface area contributed by atoms with E-state index in [0.29, 0.717) is 29.6 Å². The number of halogens is 1. The first-order valence-corrected chi connectivity index (χ1v) is 8.90. The SMILES string of the molecule is CC(CC(=O)NCc1nc2ccccc2c(=O)n1C)Cc1cccc(F)c1. The molecule has 0 bridgehead atoms. The number of carbonyl (C=O) groups excluding carboxylic acids is 1. The second-order valence-corrected chi connectivity index (χ2v) is 6.83. The van der Waals surface area contributed by atoms with Crippen molar-refractivity contribution in [2.75, 3.05) is 0 Å². The maximum atomic E-state index is 13.3. The van der Waals surface area contributed by atoms with Crippen LogP contribution >= 0.6 is 0 Å². The molecule has 0 saturated carbocycles. The molecule has 1 aromatic heterocycles. The molecule has 0 fully saturated rings. The van der Waals surface area contributed by atoms with Crippen molar-refractivity contribution in [2.24, 2.45) is 13.0 Å². The van der Waals surface area contributed by atoms with Gasteiger partial charge in [0.25, 0.3) is 5.56 Å². The van der Waals surface area contributed by atoms with E-state index in [-0.39, 0.29) is 29.7 Å². The molecule has 0 spiro atoms. The summed E-state index contributed by atoms with van der Waals surface area (Å²) < 4.78 is 14.7. The molecule has 0 saturated heterocycles. The number of aromatic nitrogens is 2.